The van der Waals surface area contributed by atoms with E-state index in [-0.39, 0.29) is 5.78 Å². The van der Waals surface area contributed by atoms with Crippen LogP contribution in [0.3, 0.4) is 0 Å². The molecule has 1 atom stereocenters. The van der Waals surface area contributed by atoms with Gasteiger partial charge in [-0.05, 0) is 38.3 Å². The highest BCUT2D eigenvalue weighted by molar-refractivity contribution is 5.75. The number of carbonyl (C=O) groups excluding carboxylic acids is 1. The Labute approximate surface area is 99.6 Å². The first kappa shape index (κ1) is 13.7. The maximum Gasteiger partial charge on any atom is 0.131 e. The summed E-state index contributed by atoms with van der Waals surface area (Å²) < 4.78 is 0. The van der Waals surface area contributed by atoms with E-state index in [9.17, 15) is 4.79 Å². The van der Waals surface area contributed by atoms with Crippen molar-refractivity contribution < 1.29 is 4.79 Å². The van der Waals surface area contributed by atoms with Gasteiger partial charge in [0.05, 0.1) is 0 Å². The molecule has 16 heavy (non-hydrogen) atoms. The molecule has 1 unspecified atom stereocenters. The third kappa shape index (κ3) is 4.22. The van der Waals surface area contributed by atoms with Gasteiger partial charge in [0.15, 0.2) is 0 Å². The van der Waals surface area contributed by atoms with Crippen LogP contribution in [0.15, 0.2) is 0 Å². The summed E-state index contributed by atoms with van der Waals surface area (Å²) in [5.74, 6) is 1.05. The molecule has 3 nitrogen and oxygen atoms in total. The minimum absolute atomic E-state index is 0.269. The van der Waals surface area contributed by atoms with Crippen molar-refractivity contribution in [3.05, 3.63) is 0 Å². The molecule has 0 spiro atoms. The second-order valence-corrected chi connectivity index (χ2v) is 5.87. The molecule has 3 heteroatoms. The van der Waals surface area contributed by atoms with Crippen molar-refractivity contribution >= 4 is 5.78 Å². The third-order valence-corrected chi connectivity index (χ3v) is 3.73. The van der Waals surface area contributed by atoms with E-state index < -0.39 is 0 Å². The Morgan fingerprint density at radius 3 is 2.69 bits per heavy atom. The van der Waals surface area contributed by atoms with E-state index in [4.69, 9.17) is 0 Å². The van der Waals surface area contributed by atoms with E-state index in [0.29, 0.717) is 11.8 Å². The number of hydrogen-bond acceptors (Lipinski definition) is 3. The summed E-state index contributed by atoms with van der Waals surface area (Å²) in [6.07, 6.45) is 1.96. The molecule has 1 aliphatic heterocycles. The van der Waals surface area contributed by atoms with E-state index in [1.807, 2.05) is 0 Å². The topological polar surface area (TPSA) is 32.3 Å². The molecule has 0 aliphatic carbocycles. The van der Waals surface area contributed by atoms with Gasteiger partial charge in [-0.15, -0.1) is 0 Å². The number of rotatable bonds is 6. The number of likely N-dealkylation sites (tertiary alicyclic amines) is 1. The molecule has 0 aromatic carbocycles. The fraction of sp³-hybridized carbons (Fsp3) is 0.923. The van der Waals surface area contributed by atoms with Crippen LogP contribution in [0.5, 0.6) is 0 Å². The van der Waals surface area contributed by atoms with Gasteiger partial charge in [-0.3, -0.25) is 4.79 Å². The van der Waals surface area contributed by atoms with Crippen molar-refractivity contribution in [3.63, 3.8) is 0 Å². The highest BCUT2D eigenvalue weighted by Gasteiger charge is 2.33. The fourth-order valence-corrected chi connectivity index (χ4v) is 2.39. The molecule has 0 aromatic rings. The normalized spacial score (nSPS) is 22.6. The second kappa shape index (κ2) is 5.78. The predicted molar refractivity (Wildman–Crippen MR) is 67.6 cm³/mol. The Morgan fingerprint density at radius 2 is 2.19 bits per heavy atom. The number of ketones is 1. The average Bonchev–Trinajstić information content (AvgIpc) is 2.60. The van der Waals surface area contributed by atoms with E-state index >= 15 is 0 Å². The standard InChI is InChI=1S/C13H26N2O/c1-11(16)5-7-14-10-13(2,3)12-6-8-15(4)9-12/h12,14H,5-10H2,1-4H3. The molecule has 1 aliphatic rings. The Bertz CT molecular complexity index is 238. The van der Waals surface area contributed by atoms with Crippen LogP contribution in [0.4, 0.5) is 0 Å². The summed E-state index contributed by atoms with van der Waals surface area (Å²) in [5.41, 5.74) is 0.335. The molecule has 1 N–H and O–H groups in total. The second-order valence-electron chi connectivity index (χ2n) is 5.87. The first-order chi connectivity index (χ1) is 7.42. The van der Waals surface area contributed by atoms with Crippen molar-refractivity contribution in [2.45, 2.75) is 33.6 Å². The molecule has 0 bridgehead atoms. The van der Waals surface area contributed by atoms with Crippen LogP contribution in [0.25, 0.3) is 0 Å². The summed E-state index contributed by atoms with van der Waals surface area (Å²) >= 11 is 0. The largest absolute Gasteiger partial charge is 0.316 e. The molecule has 1 fully saturated rings. The van der Waals surface area contributed by atoms with Crippen LogP contribution in [-0.2, 0) is 4.79 Å². The molecule has 0 amide bonds. The first-order valence-corrected chi connectivity index (χ1v) is 6.30. The Kier molecular flexibility index (Phi) is 4.93. The van der Waals surface area contributed by atoms with E-state index in [1.165, 1.54) is 19.5 Å². The number of nitrogens with zero attached hydrogens (tertiary/aromatic N) is 1. The number of hydrogen-bond donors (Lipinski definition) is 1. The van der Waals surface area contributed by atoms with E-state index in [1.54, 1.807) is 6.92 Å². The lowest BCUT2D eigenvalue weighted by Gasteiger charge is -2.32. The fourth-order valence-electron chi connectivity index (χ4n) is 2.39. The van der Waals surface area contributed by atoms with Gasteiger partial charge < -0.3 is 10.2 Å². The zero-order valence-corrected chi connectivity index (χ0v) is 11.2. The van der Waals surface area contributed by atoms with E-state index in [2.05, 4.69) is 31.1 Å². The lowest BCUT2D eigenvalue weighted by atomic mass is 9.78. The van der Waals surface area contributed by atoms with Gasteiger partial charge in [0.25, 0.3) is 0 Å². The Morgan fingerprint density at radius 1 is 1.50 bits per heavy atom. The zero-order chi connectivity index (χ0) is 12.2. The predicted octanol–water partition coefficient (Wildman–Crippen LogP) is 1.53. The maximum absolute atomic E-state index is 10.8. The van der Waals surface area contributed by atoms with Crippen molar-refractivity contribution in [1.29, 1.82) is 0 Å². The van der Waals surface area contributed by atoms with Gasteiger partial charge >= 0.3 is 0 Å². The summed E-state index contributed by atoms with van der Waals surface area (Å²) in [5, 5.41) is 3.41. The average molecular weight is 226 g/mol. The van der Waals surface area contributed by atoms with Gasteiger partial charge in [-0.25, -0.2) is 0 Å². The Balaban J connectivity index is 2.25. The van der Waals surface area contributed by atoms with Gasteiger partial charge in [-0.1, -0.05) is 13.8 Å². The van der Waals surface area contributed by atoms with Gasteiger partial charge in [0.1, 0.15) is 5.78 Å². The third-order valence-electron chi connectivity index (χ3n) is 3.73. The Hall–Kier alpha value is -0.410. The molecular weight excluding hydrogens is 200 g/mol. The number of nitrogens with one attached hydrogen (secondary N) is 1. The quantitative estimate of drug-likeness (QED) is 0.697. The molecule has 0 radical (unpaired) electrons. The molecule has 1 rings (SSSR count). The van der Waals surface area contributed by atoms with E-state index in [0.717, 1.165) is 19.0 Å². The molecular formula is C13H26N2O. The highest BCUT2D eigenvalue weighted by Crippen LogP contribution is 2.32. The zero-order valence-electron chi connectivity index (χ0n) is 11.2. The van der Waals surface area contributed by atoms with Gasteiger partial charge in [0, 0.05) is 26.1 Å². The van der Waals surface area contributed by atoms with Crippen LogP contribution in [0, 0.1) is 11.3 Å². The van der Waals surface area contributed by atoms with Crippen molar-refractivity contribution in [2.24, 2.45) is 11.3 Å². The van der Waals surface area contributed by atoms with Crippen molar-refractivity contribution in [3.8, 4) is 0 Å². The van der Waals surface area contributed by atoms with Crippen LogP contribution in [0.2, 0.25) is 0 Å². The molecule has 0 saturated carbocycles. The van der Waals surface area contributed by atoms with Crippen LogP contribution >= 0.6 is 0 Å². The summed E-state index contributed by atoms with van der Waals surface area (Å²) in [6, 6.07) is 0. The molecule has 1 heterocycles. The van der Waals surface area contributed by atoms with Crippen molar-refractivity contribution in [1.82, 2.24) is 10.2 Å². The minimum Gasteiger partial charge on any atom is -0.316 e. The van der Waals surface area contributed by atoms with Crippen LogP contribution in [0.1, 0.15) is 33.6 Å². The molecule has 1 saturated heterocycles. The highest BCUT2D eigenvalue weighted by atomic mass is 16.1. The summed E-state index contributed by atoms with van der Waals surface area (Å²) in [7, 11) is 2.19. The van der Waals surface area contributed by atoms with Crippen molar-refractivity contribution in [2.75, 3.05) is 33.2 Å². The maximum atomic E-state index is 10.8. The summed E-state index contributed by atoms with van der Waals surface area (Å²) in [6.45, 7) is 10.6. The van der Waals surface area contributed by atoms with Gasteiger partial charge in [0.2, 0.25) is 0 Å². The minimum atomic E-state index is 0.269. The molecule has 0 aromatic heterocycles. The van der Waals surface area contributed by atoms with Crippen LogP contribution < -0.4 is 5.32 Å². The lowest BCUT2D eigenvalue weighted by molar-refractivity contribution is -0.116. The molecule has 94 valence electrons. The summed E-state index contributed by atoms with van der Waals surface area (Å²) in [4.78, 5) is 13.2. The SMILES string of the molecule is CC(=O)CCNCC(C)(C)C1CCN(C)C1. The number of carbonyl (C=O) groups is 1. The van der Waals surface area contributed by atoms with Gasteiger partial charge in [-0.2, -0.15) is 0 Å². The monoisotopic (exact) mass is 226 g/mol. The lowest BCUT2D eigenvalue weighted by Crippen LogP contribution is -2.37. The van der Waals surface area contributed by atoms with Crippen LogP contribution in [-0.4, -0.2) is 43.9 Å². The first-order valence-electron chi connectivity index (χ1n) is 6.30. The smallest absolute Gasteiger partial charge is 0.131 e. The number of Topliss-reactive ketones (excluding diaryl/α,β-unsaturated/α-hetero) is 1.